The van der Waals surface area contributed by atoms with Crippen LogP contribution in [0.1, 0.15) is 6.42 Å². The molecule has 1 aromatic carbocycles. The van der Waals surface area contributed by atoms with Gasteiger partial charge in [-0.3, -0.25) is 4.79 Å². The molecule has 0 radical (unpaired) electrons. The molecule has 0 aliphatic rings. The van der Waals surface area contributed by atoms with Crippen LogP contribution in [0.4, 0.5) is 5.69 Å². The number of para-hydroxylation sites is 1. The van der Waals surface area contributed by atoms with Crippen LogP contribution in [-0.4, -0.2) is 39.0 Å². The van der Waals surface area contributed by atoms with Gasteiger partial charge in [0.25, 0.3) is 0 Å². The van der Waals surface area contributed by atoms with Crippen molar-refractivity contribution in [1.29, 1.82) is 0 Å². The van der Waals surface area contributed by atoms with Gasteiger partial charge in [0, 0.05) is 30.8 Å². The van der Waals surface area contributed by atoms with Gasteiger partial charge in [0.2, 0.25) is 5.91 Å². The van der Waals surface area contributed by atoms with Crippen molar-refractivity contribution in [3.63, 3.8) is 0 Å². The standard InChI is InChI=1S/C13H20N2O2S/c1-17-9-5-8-14-13(16)10-15-11-6-3-4-7-12(11)18-2/h3-4,6-7,15H,5,8-10H2,1-2H3,(H,14,16). The lowest BCUT2D eigenvalue weighted by Gasteiger charge is -2.10. The molecule has 0 bridgehead atoms. The van der Waals surface area contributed by atoms with Crippen molar-refractivity contribution in [3.05, 3.63) is 24.3 Å². The van der Waals surface area contributed by atoms with E-state index in [-0.39, 0.29) is 5.91 Å². The molecule has 0 unspecified atom stereocenters. The first-order valence-corrected chi connectivity index (χ1v) is 7.13. The first kappa shape index (κ1) is 14.9. The zero-order chi connectivity index (χ0) is 13.2. The Morgan fingerprint density at radius 3 is 2.89 bits per heavy atom. The van der Waals surface area contributed by atoms with Crippen molar-refractivity contribution in [2.24, 2.45) is 0 Å². The fraction of sp³-hybridized carbons (Fsp3) is 0.462. The Morgan fingerprint density at radius 1 is 1.39 bits per heavy atom. The van der Waals surface area contributed by atoms with Gasteiger partial charge in [0.05, 0.1) is 6.54 Å². The lowest BCUT2D eigenvalue weighted by molar-refractivity contribution is -0.119. The molecule has 1 rings (SSSR count). The average molecular weight is 268 g/mol. The van der Waals surface area contributed by atoms with Gasteiger partial charge in [-0.1, -0.05) is 12.1 Å². The van der Waals surface area contributed by atoms with Crippen LogP contribution in [0.2, 0.25) is 0 Å². The Hall–Kier alpha value is -1.20. The van der Waals surface area contributed by atoms with Crippen molar-refractivity contribution in [2.75, 3.05) is 38.4 Å². The zero-order valence-electron chi connectivity index (χ0n) is 10.9. The van der Waals surface area contributed by atoms with Gasteiger partial charge < -0.3 is 15.4 Å². The summed E-state index contributed by atoms with van der Waals surface area (Å²) < 4.78 is 4.91. The SMILES string of the molecule is COCCCNC(=O)CNc1ccccc1SC. The lowest BCUT2D eigenvalue weighted by Crippen LogP contribution is -2.31. The van der Waals surface area contributed by atoms with Crippen LogP contribution >= 0.6 is 11.8 Å². The van der Waals surface area contributed by atoms with E-state index in [1.165, 1.54) is 0 Å². The largest absolute Gasteiger partial charge is 0.385 e. The van der Waals surface area contributed by atoms with E-state index in [0.29, 0.717) is 19.7 Å². The first-order valence-electron chi connectivity index (χ1n) is 5.90. The molecule has 18 heavy (non-hydrogen) atoms. The number of ether oxygens (including phenoxy) is 1. The minimum atomic E-state index is 0.00186. The number of methoxy groups -OCH3 is 1. The van der Waals surface area contributed by atoms with Gasteiger partial charge >= 0.3 is 0 Å². The molecule has 0 aliphatic heterocycles. The predicted octanol–water partition coefficient (Wildman–Crippen LogP) is 1.97. The third-order valence-electron chi connectivity index (χ3n) is 2.39. The Morgan fingerprint density at radius 2 is 2.17 bits per heavy atom. The van der Waals surface area contributed by atoms with Gasteiger partial charge in [-0.05, 0) is 24.8 Å². The lowest BCUT2D eigenvalue weighted by atomic mass is 10.3. The number of rotatable bonds is 8. The summed E-state index contributed by atoms with van der Waals surface area (Å²) in [6.45, 7) is 1.62. The number of hydrogen-bond donors (Lipinski definition) is 2. The molecule has 0 aromatic heterocycles. The minimum absolute atomic E-state index is 0.00186. The van der Waals surface area contributed by atoms with Crippen LogP contribution in [0.25, 0.3) is 0 Å². The number of thioether (sulfide) groups is 1. The Labute approximate surface area is 112 Å². The number of anilines is 1. The van der Waals surface area contributed by atoms with E-state index in [9.17, 15) is 4.79 Å². The second-order valence-electron chi connectivity index (χ2n) is 3.75. The second-order valence-corrected chi connectivity index (χ2v) is 4.60. The smallest absolute Gasteiger partial charge is 0.239 e. The maximum absolute atomic E-state index is 11.6. The molecule has 0 spiro atoms. The number of carbonyl (C=O) groups excluding carboxylic acids is 1. The molecule has 0 saturated carbocycles. The fourth-order valence-electron chi connectivity index (χ4n) is 1.47. The summed E-state index contributed by atoms with van der Waals surface area (Å²) in [5.74, 6) is 0.00186. The van der Waals surface area contributed by atoms with E-state index in [4.69, 9.17) is 4.74 Å². The highest BCUT2D eigenvalue weighted by Gasteiger charge is 2.03. The maximum Gasteiger partial charge on any atom is 0.239 e. The third kappa shape index (κ3) is 5.42. The normalized spacial score (nSPS) is 10.1. The monoisotopic (exact) mass is 268 g/mol. The Kier molecular flexibility index (Phi) is 7.29. The van der Waals surface area contributed by atoms with Crippen molar-refractivity contribution in [2.45, 2.75) is 11.3 Å². The van der Waals surface area contributed by atoms with Crippen LogP contribution < -0.4 is 10.6 Å². The molecule has 0 aliphatic carbocycles. The van der Waals surface area contributed by atoms with Gasteiger partial charge in [0.15, 0.2) is 0 Å². The van der Waals surface area contributed by atoms with E-state index in [2.05, 4.69) is 10.6 Å². The number of benzene rings is 1. The Balaban J connectivity index is 2.29. The number of amides is 1. The summed E-state index contributed by atoms with van der Waals surface area (Å²) in [5, 5.41) is 5.98. The molecule has 4 nitrogen and oxygen atoms in total. The van der Waals surface area contributed by atoms with Crippen molar-refractivity contribution >= 4 is 23.4 Å². The minimum Gasteiger partial charge on any atom is -0.385 e. The molecule has 0 heterocycles. The molecule has 2 N–H and O–H groups in total. The van der Waals surface area contributed by atoms with E-state index < -0.39 is 0 Å². The van der Waals surface area contributed by atoms with Gasteiger partial charge in [-0.25, -0.2) is 0 Å². The fourth-order valence-corrected chi connectivity index (χ4v) is 2.05. The van der Waals surface area contributed by atoms with Crippen LogP contribution in [-0.2, 0) is 9.53 Å². The summed E-state index contributed by atoms with van der Waals surface area (Å²) in [4.78, 5) is 12.7. The van der Waals surface area contributed by atoms with E-state index in [1.807, 2.05) is 30.5 Å². The highest BCUT2D eigenvalue weighted by molar-refractivity contribution is 7.98. The summed E-state index contributed by atoms with van der Waals surface area (Å²) in [6.07, 6.45) is 2.86. The molecule has 0 saturated heterocycles. The topological polar surface area (TPSA) is 50.4 Å². The molecule has 100 valence electrons. The number of hydrogen-bond acceptors (Lipinski definition) is 4. The number of nitrogens with one attached hydrogen (secondary N) is 2. The summed E-state index contributed by atoms with van der Waals surface area (Å²) in [7, 11) is 1.66. The number of carbonyl (C=O) groups is 1. The van der Waals surface area contributed by atoms with E-state index >= 15 is 0 Å². The quantitative estimate of drug-likeness (QED) is 0.559. The third-order valence-corrected chi connectivity index (χ3v) is 3.19. The molecule has 1 amide bonds. The van der Waals surface area contributed by atoms with Gasteiger partial charge in [-0.15, -0.1) is 11.8 Å². The molecule has 0 fully saturated rings. The van der Waals surface area contributed by atoms with Gasteiger partial charge in [-0.2, -0.15) is 0 Å². The molecule has 1 aromatic rings. The highest BCUT2D eigenvalue weighted by Crippen LogP contribution is 2.24. The molecular formula is C13H20N2O2S. The average Bonchev–Trinajstić information content (AvgIpc) is 2.41. The second kappa shape index (κ2) is 8.83. The van der Waals surface area contributed by atoms with E-state index in [1.54, 1.807) is 18.9 Å². The maximum atomic E-state index is 11.6. The first-order chi connectivity index (χ1) is 8.77. The zero-order valence-corrected chi connectivity index (χ0v) is 11.7. The van der Waals surface area contributed by atoms with Crippen LogP contribution in [0.15, 0.2) is 29.2 Å². The van der Waals surface area contributed by atoms with Crippen LogP contribution in [0, 0.1) is 0 Å². The summed E-state index contributed by atoms with van der Waals surface area (Å²) >= 11 is 1.66. The van der Waals surface area contributed by atoms with Gasteiger partial charge in [0.1, 0.15) is 0 Å². The van der Waals surface area contributed by atoms with Crippen LogP contribution in [0.3, 0.4) is 0 Å². The summed E-state index contributed by atoms with van der Waals surface area (Å²) in [5.41, 5.74) is 0.997. The Bertz CT molecular complexity index is 372. The predicted molar refractivity (Wildman–Crippen MR) is 76.2 cm³/mol. The summed E-state index contributed by atoms with van der Waals surface area (Å²) in [6, 6.07) is 7.95. The van der Waals surface area contributed by atoms with Crippen molar-refractivity contribution in [1.82, 2.24) is 5.32 Å². The molecule has 0 atom stereocenters. The molecular weight excluding hydrogens is 248 g/mol. The highest BCUT2D eigenvalue weighted by atomic mass is 32.2. The van der Waals surface area contributed by atoms with E-state index in [0.717, 1.165) is 17.0 Å². The molecule has 5 heteroatoms. The van der Waals surface area contributed by atoms with Crippen molar-refractivity contribution in [3.8, 4) is 0 Å². The van der Waals surface area contributed by atoms with Crippen LogP contribution in [0.5, 0.6) is 0 Å². The van der Waals surface area contributed by atoms with Crippen molar-refractivity contribution < 1.29 is 9.53 Å².